The molecule has 0 saturated heterocycles. The molecule has 1 rings (SSSR count). The van der Waals surface area contributed by atoms with Crippen LogP contribution in [0.25, 0.3) is 0 Å². The van der Waals surface area contributed by atoms with Gasteiger partial charge in [-0.2, -0.15) is 0 Å². The van der Waals surface area contributed by atoms with Gasteiger partial charge in [-0.05, 0) is 12.1 Å². The van der Waals surface area contributed by atoms with Crippen LogP contribution in [0.4, 0.5) is 0 Å². The molecule has 0 aliphatic heterocycles. The number of benzene rings is 1. The quantitative estimate of drug-likeness (QED) is 0.631. The third-order valence-electron chi connectivity index (χ3n) is 1.50. The molecule has 0 saturated carbocycles. The summed E-state index contributed by atoms with van der Waals surface area (Å²) in [6.07, 6.45) is 0. The Balaban J connectivity index is 2.96. The maximum absolute atomic E-state index is 11.4. The molecule has 6 nitrogen and oxygen atoms in total. The SMILES string of the molecule is NC(=O)C(=O)NS(=O)(=O)c1ccccc1. The van der Waals surface area contributed by atoms with Crippen molar-refractivity contribution in [3.05, 3.63) is 30.3 Å². The van der Waals surface area contributed by atoms with Crippen molar-refractivity contribution >= 4 is 21.8 Å². The summed E-state index contributed by atoms with van der Waals surface area (Å²) < 4.78 is 24.3. The van der Waals surface area contributed by atoms with Gasteiger partial charge in [0.2, 0.25) is 0 Å². The average molecular weight is 228 g/mol. The molecule has 0 heterocycles. The molecule has 80 valence electrons. The van der Waals surface area contributed by atoms with Gasteiger partial charge in [0.05, 0.1) is 4.90 Å². The number of hydrogen-bond acceptors (Lipinski definition) is 4. The Hall–Kier alpha value is -1.89. The van der Waals surface area contributed by atoms with Gasteiger partial charge in [-0.1, -0.05) is 18.2 Å². The first kappa shape index (κ1) is 11.2. The van der Waals surface area contributed by atoms with E-state index in [0.717, 1.165) is 0 Å². The molecule has 0 fully saturated rings. The molecule has 15 heavy (non-hydrogen) atoms. The summed E-state index contributed by atoms with van der Waals surface area (Å²) in [5, 5.41) is 0. The van der Waals surface area contributed by atoms with Crippen LogP contribution in [0.5, 0.6) is 0 Å². The second-order valence-electron chi connectivity index (χ2n) is 2.61. The van der Waals surface area contributed by atoms with Crippen molar-refractivity contribution in [2.24, 2.45) is 5.73 Å². The van der Waals surface area contributed by atoms with Crippen molar-refractivity contribution in [2.45, 2.75) is 4.90 Å². The molecule has 2 amide bonds. The van der Waals surface area contributed by atoms with Crippen LogP contribution < -0.4 is 10.5 Å². The number of primary amides is 1. The van der Waals surface area contributed by atoms with E-state index in [1.54, 1.807) is 6.07 Å². The van der Waals surface area contributed by atoms with E-state index in [-0.39, 0.29) is 4.90 Å². The standard InChI is InChI=1S/C8H8N2O4S/c9-7(11)8(12)10-15(13,14)6-4-2-1-3-5-6/h1-5H,(H2,9,11)(H,10,12). The minimum absolute atomic E-state index is 0.111. The van der Waals surface area contributed by atoms with E-state index in [4.69, 9.17) is 0 Å². The second kappa shape index (κ2) is 4.09. The highest BCUT2D eigenvalue weighted by Crippen LogP contribution is 2.06. The highest BCUT2D eigenvalue weighted by Gasteiger charge is 2.19. The highest BCUT2D eigenvalue weighted by molar-refractivity contribution is 7.90. The lowest BCUT2D eigenvalue weighted by Gasteiger charge is -2.03. The van der Waals surface area contributed by atoms with Crippen LogP contribution >= 0.6 is 0 Å². The van der Waals surface area contributed by atoms with Gasteiger partial charge in [0.25, 0.3) is 10.0 Å². The largest absolute Gasteiger partial charge is 0.361 e. The van der Waals surface area contributed by atoms with E-state index in [1.807, 2.05) is 0 Å². The molecule has 1 aromatic rings. The van der Waals surface area contributed by atoms with Gasteiger partial charge in [-0.25, -0.2) is 13.1 Å². The zero-order valence-corrected chi connectivity index (χ0v) is 8.32. The monoisotopic (exact) mass is 228 g/mol. The Morgan fingerprint density at radius 1 is 1.13 bits per heavy atom. The lowest BCUT2D eigenvalue weighted by molar-refractivity contribution is -0.136. The summed E-state index contributed by atoms with van der Waals surface area (Å²) in [5.74, 6) is -2.71. The Labute approximate surface area is 86.1 Å². The van der Waals surface area contributed by atoms with Crippen molar-refractivity contribution in [2.75, 3.05) is 0 Å². The van der Waals surface area contributed by atoms with Crippen molar-refractivity contribution in [3.8, 4) is 0 Å². The van der Waals surface area contributed by atoms with Gasteiger partial charge in [0.1, 0.15) is 0 Å². The minimum Gasteiger partial charge on any atom is -0.361 e. The zero-order chi connectivity index (χ0) is 11.5. The fourth-order valence-corrected chi connectivity index (χ4v) is 1.81. The van der Waals surface area contributed by atoms with Crippen molar-refractivity contribution in [1.82, 2.24) is 4.72 Å². The van der Waals surface area contributed by atoms with E-state index in [2.05, 4.69) is 5.73 Å². The molecule has 3 N–H and O–H groups in total. The molecular weight excluding hydrogens is 220 g/mol. The molecule has 0 radical (unpaired) electrons. The number of amides is 2. The Morgan fingerprint density at radius 2 is 1.67 bits per heavy atom. The smallest absolute Gasteiger partial charge is 0.322 e. The normalized spacial score (nSPS) is 10.7. The topological polar surface area (TPSA) is 106 Å². The number of carbonyl (C=O) groups excluding carboxylic acids is 2. The molecule has 0 aromatic heterocycles. The molecule has 0 unspecified atom stereocenters. The average Bonchev–Trinajstić information content (AvgIpc) is 2.18. The number of rotatable bonds is 2. The van der Waals surface area contributed by atoms with E-state index in [0.29, 0.717) is 0 Å². The molecule has 7 heteroatoms. The van der Waals surface area contributed by atoms with E-state index in [1.165, 1.54) is 29.0 Å². The first-order valence-corrected chi connectivity index (χ1v) is 5.33. The first-order chi connectivity index (χ1) is 6.93. The number of hydrogen-bond donors (Lipinski definition) is 2. The number of nitrogens with two attached hydrogens (primary N) is 1. The molecule has 0 spiro atoms. The summed E-state index contributed by atoms with van der Waals surface area (Å²) in [4.78, 5) is 21.0. The number of nitrogens with one attached hydrogen (secondary N) is 1. The fraction of sp³-hybridized carbons (Fsp3) is 0. The molecule has 0 atom stereocenters. The lowest BCUT2D eigenvalue weighted by atomic mass is 10.4. The van der Waals surface area contributed by atoms with Crippen LogP contribution in [-0.4, -0.2) is 20.2 Å². The minimum atomic E-state index is -4.00. The van der Waals surface area contributed by atoms with Crippen LogP contribution in [-0.2, 0) is 19.6 Å². The van der Waals surface area contributed by atoms with Crippen LogP contribution in [0.1, 0.15) is 0 Å². The van der Waals surface area contributed by atoms with Crippen molar-refractivity contribution in [3.63, 3.8) is 0 Å². The fourth-order valence-electron chi connectivity index (χ4n) is 0.831. The second-order valence-corrected chi connectivity index (χ2v) is 4.29. The third kappa shape index (κ3) is 2.78. The molecule has 0 aliphatic carbocycles. The van der Waals surface area contributed by atoms with Gasteiger partial charge in [0, 0.05) is 0 Å². The third-order valence-corrected chi connectivity index (χ3v) is 2.85. The van der Waals surface area contributed by atoms with Crippen LogP contribution in [0, 0.1) is 0 Å². The summed E-state index contributed by atoms with van der Waals surface area (Å²) in [5.41, 5.74) is 4.61. The van der Waals surface area contributed by atoms with E-state index >= 15 is 0 Å². The molecule has 1 aromatic carbocycles. The molecular formula is C8H8N2O4S. The summed E-state index contributed by atoms with van der Waals surface area (Å²) in [7, 11) is -4.00. The Kier molecular flexibility index (Phi) is 3.05. The Morgan fingerprint density at radius 3 is 2.13 bits per heavy atom. The zero-order valence-electron chi connectivity index (χ0n) is 7.51. The van der Waals surface area contributed by atoms with Gasteiger partial charge in [0.15, 0.2) is 0 Å². The molecule has 0 aliphatic rings. The molecule has 0 bridgehead atoms. The van der Waals surface area contributed by atoms with Crippen LogP contribution in [0.3, 0.4) is 0 Å². The van der Waals surface area contributed by atoms with Crippen molar-refractivity contribution < 1.29 is 18.0 Å². The van der Waals surface area contributed by atoms with Gasteiger partial charge in [-0.15, -0.1) is 0 Å². The van der Waals surface area contributed by atoms with Crippen molar-refractivity contribution in [1.29, 1.82) is 0 Å². The van der Waals surface area contributed by atoms with Crippen LogP contribution in [0.15, 0.2) is 35.2 Å². The first-order valence-electron chi connectivity index (χ1n) is 3.85. The van der Waals surface area contributed by atoms with E-state index < -0.39 is 21.8 Å². The maximum Gasteiger partial charge on any atom is 0.322 e. The predicted octanol–water partition coefficient (Wildman–Crippen LogP) is -1.02. The lowest BCUT2D eigenvalue weighted by Crippen LogP contribution is -2.39. The maximum atomic E-state index is 11.4. The summed E-state index contributed by atoms with van der Waals surface area (Å²) >= 11 is 0. The van der Waals surface area contributed by atoms with Crippen LogP contribution in [0.2, 0.25) is 0 Å². The van der Waals surface area contributed by atoms with E-state index in [9.17, 15) is 18.0 Å². The van der Waals surface area contributed by atoms with Gasteiger partial charge < -0.3 is 5.73 Å². The number of carbonyl (C=O) groups is 2. The predicted molar refractivity (Wildman–Crippen MR) is 51.0 cm³/mol. The Bertz CT molecular complexity index is 481. The summed E-state index contributed by atoms with van der Waals surface area (Å²) in [6, 6.07) is 7.18. The highest BCUT2D eigenvalue weighted by atomic mass is 32.2. The van der Waals surface area contributed by atoms with Gasteiger partial charge in [-0.3, -0.25) is 9.59 Å². The summed E-state index contributed by atoms with van der Waals surface area (Å²) in [6.45, 7) is 0. The van der Waals surface area contributed by atoms with Gasteiger partial charge >= 0.3 is 11.8 Å². The number of sulfonamides is 1.